The monoisotopic (exact) mass is 2040 g/mol. The number of hydrogen-bond acceptors (Lipinski definition) is 30. The Kier molecular flexibility index (Phi) is 42.7. The number of hydrazine groups is 1. The van der Waals surface area contributed by atoms with Gasteiger partial charge in [-0.1, -0.05) is 107 Å². The van der Waals surface area contributed by atoms with Crippen molar-refractivity contribution >= 4 is 164 Å². The zero-order valence-electron chi connectivity index (χ0n) is 83.6. The molecule has 4 bridgehead atoms. The fourth-order valence-electron chi connectivity index (χ4n) is 18.9. The average Bonchev–Trinajstić information content (AvgIpc) is 1.70. The maximum Gasteiger partial charge on any atom is 0.306 e. The molecule has 5 aliphatic rings. The number of benzene rings is 2. The number of likely N-dealkylation sites (tertiary alicyclic amines) is 2. The topological polar surface area (TPSA) is 506 Å². The summed E-state index contributed by atoms with van der Waals surface area (Å²) < 4.78 is 11.8. The molecule has 8 N–H and O–H groups in total. The van der Waals surface area contributed by atoms with Crippen LogP contribution in [0.15, 0.2) is 47.2 Å². The van der Waals surface area contributed by atoms with E-state index in [-0.39, 0.29) is 161 Å². The highest BCUT2D eigenvalue weighted by atomic mass is 32.2. The molecule has 42 heteroatoms. The molecule has 16 atom stereocenters. The number of carbonyl (C=O) groups excluding carboxylic acids is 16. The molecule has 4 unspecified atom stereocenters. The van der Waals surface area contributed by atoms with Crippen LogP contribution in [-0.4, -0.2) is 295 Å². The van der Waals surface area contributed by atoms with Gasteiger partial charge < -0.3 is 61.0 Å². The number of Topliss-reactive ketones (excluding diaryl/α,β-unsaturated/α-hetero) is 2. The molecule has 5 aliphatic heterocycles. The molecule has 4 aromatic rings. The molecule has 38 nitrogen and oxygen atoms in total. The van der Waals surface area contributed by atoms with Crippen LogP contribution < -0.4 is 21.3 Å². The van der Waals surface area contributed by atoms with Crippen molar-refractivity contribution in [3.8, 4) is 11.5 Å². The molecule has 0 spiro atoms. The normalized spacial score (nSPS) is 20.2. The van der Waals surface area contributed by atoms with Gasteiger partial charge in [0.05, 0.1) is 58.9 Å². The largest absolute Gasteiger partial charge is 0.506 e. The summed E-state index contributed by atoms with van der Waals surface area (Å²) in [5, 5.41) is 57.5. The van der Waals surface area contributed by atoms with Crippen molar-refractivity contribution in [3.05, 3.63) is 79.7 Å². The smallest absolute Gasteiger partial charge is 0.306 e. The van der Waals surface area contributed by atoms with Crippen LogP contribution in [0.4, 0.5) is 11.4 Å². The number of ketones is 2. The number of carboxylic acid groups (broad SMARTS) is 2. The summed E-state index contributed by atoms with van der Waals surface area (Å²) >= 11 is 4.22. The SMILES string of the molecule is CC[C@H](C)[C@H](CC(=O)[C@H]1CCCCN1C)C(=O)N(C)[C@H](C[C@@H](OC(C)=O)c1nc(C(=O)N[C@@H](Cc2ccc(O)c(NC(=O)CCN3C(=O)CCN4C(=O)CC(SCSC5CC(=O)N(CCC(=O)N3CCC(=O)Nc3cc(C[C@@H](CC(C)C(=O)O)NC(=O)c6csc([C@@H](C[C@H](C(C)C)N(C)C(=O)[C@@H](CC(=O)[C@H]7CCCCN7C)[C@@H](C)CC)OC(C)=O)n6)ccc3O)C5=O)C4=O)c2)CC(C)C(=O)O)cs1)C(C)C. The van der Waals surface area contributed by atoms with E-state index in [1.165, 1.54) is 74.9 Å². The van der Waals surface area contributed by atoms with E-state index in [0.717, 1.165) is 105 Å². The van der Waals surface area contributed by atoms with Gasteiger partial charge in [0.1, 0.15) is 32.9 Å². The lowest BCUT2D eigenvalue weighted by Crippen LogP contribution is -2.53. The summed E-state index contributed by atoms with van der Waals surface area (Å²) in [6.07, 6.45) is 0.944. The fourth-order valence-corrected chi connectivity index (χ4v) is 23.3. The number of aromatic nitrogens is 2. The standard InChI is InChI=1S/C99H140N14O24S4/c1-17-56(7)66(45-78(118)72-23-19-21-33-106(72)13)94(128)108(15)74(54(3)4)47-80(136-60(11)114)92-104-70(51-138-92)90(126)100-64(39-58(9)98(132)133)41-62-25-27-76(116)68(43-62)102-84(120)29-37-112-86(122)31-35-110-88(124)49-82(96(110)130)140-53-141-83-50-89(125)111(97(83)131)36-32-87(123)113(112)38-30-85(121)103-69-44-63(26-28-77(69)117)42-65(40-59(10)99(134)135)101-91(127)71-52-139-93(105-71)81(137-61(12)115)48-75(55(5)6)109(16)95(129)67(57(8)18-2)46-79(119)73-24-20-22-34-107(73)14/h25-28,43-44,51-52,54-59,64-67,72-75,80-83,116-117H,17-24,29-42,45-50,53H2,1-16H3,(H,100,126)(H,101,127)(H,102,120)(H,103,121)(H,132,133)(H,134,135)/t56-,57-,58?,59?,64+,65+,66-,67-,72+,73+,74+,75+,80+,81+,82?,83?/m0/s1. The highest BCUT2D eigenvalue weighted by Gasteiger charge is 2.46. The Morgan fingerprint density at radius 3 is 1.21 bits per heavy atom. The number of fused-ring (bicyclic) bond motifs is 4. The number of imide groups is 2. The summed E-state index contributed by atoms with van der Waals surface area (Å²) in [6.45, 7) is 20.0. The third-order valence-corrected chi connectivity index (χ3v) is 32.2. The van der Waals surface area contributed by atoms with Crippen LogP contribution in [0.25, 0.3) is 0 Å². The second-order valence-corrected chi connectivity index (χ2v) is 43.3. The number of carboxylic acids is 2. The molecule has 2 aromatic heterocycles. The number of rotatable bonds is 46. The number of aliphatic carboxylic acids is 2. The van der Waals surface area contributed by atoms with Crippen LogP contribution in [-0.2, 0) is 99.0 Å². The summed E-state index contributed by atoms with van der Waals surface area (Å²) in [5.74, 6) is -16.9. The average molecular weight is 2040 g/mol. The minimum absolute atomic E-state index is 0.0129. The second-order valence-electron chi connectivity index (χ2n) is 38.8. The third kappa shape index (κ3) is 31.6. The first-order chi connectivity index (χ1) is 66.7. The number of ether oxygens (including phenoxy) is 2. The number of likely N-dealkylation sites (N-methyl/N-ethyl adjacent to an activating group) is 2. The molecule has 2 aromatic carbocycles. The first-order valence-corrected chi connectivity index (χ1v) is 52.6. The van der Waals surface area contributed by atoms with Gasteiger partial charge in [0, 0.05) is 157 Å². The number of phenolic OH excluding ortho intramolecular Hbond substituents is 2. The maximum atomic E-state index is 15.0. The van der Waals surface area contributed by atoms with Gasteiger partial charge >= 0.3 is 23.9 Å². The first-order valence-electron chi connectivity index (χ1n) is 48.7. The molecule has 0 saturated carbocycles. The minimum atomic E-state index is -1.20. The molecule has 5 fully saturated rings. The lowest BCUT2D eigenvalue weighted by Gasteiger charge is -2.37. The molecular formula is C99H140N14O24S4. The Labute approximate surface area is 840 Å². The molecule has 774 valence electrons. The predicted octanol–water partition coefficient (Wildman–Crippen LogP) is 10.5. The van der Waals surface area contributed by atoms with Crippen molar-refractivity contribution in [2.24, 2.45) is 47.3 Å². The number of esters is 2. The molecule has 0 aliphatic carbocycles. The van der Waals surface area contributed by atoms with Crippen LogP contribution in [0.1, 0.15) is 266 Å². The van der Waals surface area contributed by atoms with Gasteiger partial charge in [-0.25, -0.2) is 9.97 Å². The molecule has 0 radical (unpaired) electrons. The third-order valence-electron chi connectivity index (χ3n) is 27.7. The summed E-state index contributed by atoms with van der Waals surface area (Å²) in [6, 6.07) is 4.50. The second kappa shape index (κ2) is 53.0. The minimum Gasteiger partial charge on any atom is -0.506 e. The maximum absolute atomic E-state index is 15.0. The van der Waals surface area contributed by atoms with Crippen LogP contribution in [0.5, 0.6) is 11.5 Å². The van der Waals surface area contributed by atoms with Crippen LogP contribution in [0, 0.1) is 47.3 Å². The van der Waals surface area contributed by atoms with Gasteiger partial charge in [0.25, 0.3) is 11.8 Å². The first kappa shape index (κ1) is 114. The highest BCUT2D eigenvalue weighted by molar-refractivity contribution is 8.17. The number of hydrogen-bond donors (Lipinski definition) is 8. The molecule has 9 rings (SSSR count). The van der Waals surface area contributed by atoms with Gasteiger partial charge in [-0.15, -0.1) is 46.2 Å². The Balaban J connectivity index is 0.921. The Morgan fingerprint density at radius 1 is 0.511 bits per heavy atom. The van der Waals surface area contributed by atoms with E-state index in [1.54, 1.807) is 23.9 Å². The summed E-state index contributed by atoms with van der Waals surface area (Å²) in [7, 11) is 7.20. The van der Waals surface area contributed by atoms with Gasteiger partial charge in [-0.05, 0) is 138 Å². The Hall–Kier alpha value is -10.8. The summed E-state index contributed by atoms with van der Waals surface area (Å²) in [4.78, 5) is 269. The molecule has 12 amide bonds. The number of thiazole rings is 2. The molecular weight excluding hydrogens is 1900 g/mol. The van der Waals surface area contributed by atoms with Crippen LogP contribution in [0.2, 0.25) is 0 Å². The number of nitrogens with zero attached hydrogens (tertiary/aromatic N) is 10. The lowest BCUT2D eigenvalue weighted by atomic mass is 9.83. The number of nitrogens with one attached hydrogen (secondary N) is 4. The molecule has 141 heavy (non-hydrogen) atoms. The number of piperidine rings is 2. The van der Waals surface area contributed by atoms with E-state index in [2.05, 4.69) is 31.2 Å². The number of anilines is 2. The quantitative estimate of drug-likeness (QED) is 0.0116. The number of amides is 12. The van der Waals surface area contributed by atoms with Crippen molar-refractivity contribution < 1.29 is 116 Å². The lowest BCUT2D eigenvalue weighted by molar-refractivity contribution is -0.166. The zero-order chi connectivity index (χ0) is 104. The van der Waals surface area contributed by atoms with Crippen LogP contribution >= 0.6 is 46.2 Å². The van der Waals surface area contributed by atoms with Crippen LogP contribution in [0.3, 0.4) is 0 Å². The number of carbonyl (C=O) groups is 18. The Morgan fingerprint density at radius 2 is 0.879 bits per heavy atom. The van der Waals surface area contributed by atoms with Crippen molar-refractivity contribution in [1.29, 1.82) is 0 Å². The number of thioether (sulfide) groups is 2. The number of aromatic hydroxyl groups is 2. The van der Waals surface area contributed by atoms with Crippen molar-refractivity contribution in [1.82, 2.24) is 60.0 Å². The highest BCUT2D eigenvalue weighted by Crippen LogP contribution is 2.40. The van der Waals surface area contributed by atoms with Crippen molar-refractivity contribution in [2.45, 2.75) is 283 Å². The van der Waals surface area contributed by atoms with E-state index < -0.39 is 217 Å². The Bertz CT molecular complexity index is 4880. The van der Waals surface area contributed by atoms with E-state index in [4.69, 9.17) is 9.47 Å². The van der Waals surface area contributed by atoms with E-state index in [9.17, 15) is 97.1 Å². The summed E-state index contributed by atoms with van der Waals surface area (Å²) in [5.41, 5.74) is 0.0381. The van der Waals surface area contributed by atoms with Gasteiger partial charge in [0.2, 0.25) is 59.1 Å². The molecule has 5 saturated heterocycles. The fraction of sp³-hybridized carbons (Fsp3) is 0.636. The van der Waals surface area contributed by atoms with Gasteiger partial charge in [-0.3, -0.25) is 116 Å². The van der Waals surface area contributed by atoms with E-state index in [0.29, 0.717) is 36.8 Å². The van der Waals surface area contributed by atoms with E-state index >= 15 is 9.59 Å². The van der Waals surface area contributed by atoms with Crippen molar-refractivity contribution in [2.75, 3.05) is 83.2 Å². The molecule has 7 heterocycles. The van der Waals surface area contributed by atoms with Crippen molar-refractivity contribution in [3.63, 3.8) is 0 Å². The van der Waals surface area contributed by atoms with E-state index in [1.807, 2.05) is 79.3 Å². The predicted molar refractivity (Wildman–Crippen MR) is 529 cm³/mol. The van der Waals surface area contributed by atoms with Gasteiger partial charge in [0.15, 0.2) is 23.8 Å². The number of phenols is 2. The zero-order valence-corrected chi connectivity index (χ0v) is 86.8. The van der Waals surface area contributed by atoms with Gasteiger partial charge in [-0.2, -0.15) is 0 Å².